The van der Waals surface area contributed by atoms with E-state index in [4.69, 9.17) is 5.11 Å². The first-order valence-electron chi connectivity index (χ1n) is 6.80. The Morgan fingerprint density at radius 1 is 1.35 bits per heavy atom. The molecule has 1 aliphatic rings. The highest BCUT2D eigenvalue weighted by atomic mass is 16.4. The first-order chi connectivity index (χ1) is 7.83. The zero-order valence-electron chi connectivity index (χ0n) is 11.7. The molecule has 0 aliphatic heterocycles. The van der Waals surface area contributed by atoms with E-state index in [1.165, 1.54) is 19.3 Å². The second-order valence-electron chi connectivity index (χ2n) is 6.39. The molecule has 1 fully saturated rings. The van der Waals surface area contributed by atoms with Crippen molar-refractivity contribution in [1.29, 1.82) is 0 Å². The van der Waals surface area contributed by atoms with E-state index in [2.05, 4.69) is 18.7 Å². The number of hydrogen-bond donors (Lipinski definition) is 1. The van der Waals surface area contributed by atoms with Gasteiger partial charge < -0.3 is 10.0 Å². The minimum atomic E-state index is -0.683. The average Bonchev–Trinajstić information content (AvgIpc) is 3.00. The lowest BCUT2D eigenvalue weighted by molar-refractivity contribution is -0.147. The number of hydrogen-bond acceptors (Lipinski definition) is 2. The predicted molar refractivity (Wildman–Crippen MR) is 70.1 cm³/mol. The van der Waals surface area contributed by atoms with Gasteiger partial charge in [-0.25, -0.2) is 0 Å². The third kappa shape index (κ3) is 5.07. The zero-order valence-corrected chi connectivity index (χ0v) is 11.7. The van der Waals surface area contributed by atoms with Gasteiger partial charge in [-0.15, -0.1) is 0 Å². The maximum Gasteiger partial charge on any atom is 0.309 e. The summed E-state index contributed by atoms with van der Waals surface area (Å²) in [6, 6.07) is 0.735. The molecule has 1 rings (SSSR count). The van der Waals surface area contributed by atoms with E-state index in [1.54, 1.807) is 0 Å². The Bertz CT molecular complexity index is 257. The van der Waals surface area contributed by atoms with Crippen molar-refractivity contribution < 1.29 is 9.90 Å². The molecule has 3 heteroatoms. The Kier molecular flexibility index (Phi) is 4.99. The van der Waals surface area contributed by atoms with Crippen LogP contribution in [0.1, 0.15) is 53.4 Å². The van der Waals surface area contributed by atoms with Crippen LogP contribution in [0.4, 0.5) is 0 Å². The van der Waals surface area contributed by atoms with Crippen molar-refractivity contribution in [1.82, 2.24) is 4.90 Å². The fraction of sp³-hybridized carbons (Fsp3) is 0.929. The van der Waals surface area contributed by atoms with Crippen LogP contribution in [0.15, 0.2) is 0 Å². The maximum atomic E-state index is 11.1. The quantitative estimate of drug-likeness (QED) is 0.710. The second kappa shape index (κ2) is 5.85. The van der Waals surface area contributed by atoms with Crippen LogP contribution < -0.4 is 0 Å². The van der Waals surface area contributed by atoms with Gasteiger partial charge in [-0.3, -0.25) is 4.79 Å². The lowest BCUT2D eigenvalue weighted by atomic mass is 9.89. The van der Waals surface area contributed by atoms with Crippen molar-refractivity contribution >= 4 is 5.97 Å². The summed E-state index contributed by atoms with van der Waals surface area (Å²) < 4.78 is 0. The van der Waals surface area contributed by atoms with E-state index >= 15 is 0 Å². The molecule has 0 atom stereocenters. The van der Waals surface area contributed by atoms with Gasteiger partial charge in [0.05, 0.1) is 5.41 Å². The summed E-state index contributed by atoms with van der Waals surface area (Å²) in [6.07, 6.45) is 4.55. The van der Waals surface area contributed by atoms with Crippen LogP contribution in [-0.2, 0) is 4.79 Å². The first kappa shape index (κ1) is 14.5. The average molecular weight is 241 g/mol. The summed E-state index contributed by atoms with van der Waals surface area (Å²) in [5.41, 5.74) is -0.592. The molecule has 100 valence electrons. The largest absolute Gasteiger partial charge is 0.481 e. The summed E-state index contributed by atoms with van der Waals surface area (Å²) in [5.74, 6) is 0.0424. The highest BCUT2D eigenvalue weighted by molar-refractivity contribution is 5.73. The van der Waals surface area contributed by atoms with Crippen molar-refractivity contribution in [2.45, 2.75) is 59.4 Å². The lowest BCUT2D eigenvalue weighted by Crippen LogP contribution is -2.34. The topological polar surface area (TPSA) is 40.5 Å². The lowest BCUT2D eigenvalue weighted by Gasteiger charge is -2.27. The highest BCUT2D eigenvalue weighted by Gasteiger charge is 2.32. The van der Waals surface area contributed by atoms with E-state index in [-0.39, 0.29) is 0 Å². The molecule has 0 saturated heterocycles. The Morgan fingerprint density at radius 3 is 2.35 bits per heavy atom. The number of carboxylic acids is 1. The van der Waals surface area contributed by atoms with E-state index in [9.17, 15) is 4.79 Å². The van der Waals surface area contributed by atoms with Crippen molar-refractivity contribution in [3.8, 4) is 0 Å². The van der Waals surface area contributed by atoms with E-state index in [0.29, 0.717) is 0 Å². The minimum Gasteiger partial charge on any atom is -0.481 e. The van der Waals surface area contributed by atoms with Crippen LogP contribution in [0.5, 0.6) is 0 Å². The number of rotatable bonds is 8. The van der Waals surface area contributed by atoms with E-state index < -0.39 is 11.4 Å². The SMILES string of the molecule is CC(C)CCN(CCC(C)(C)C(=O)O)C1CC1. The summed E-state index contributed by atoms with van der Waals surface area (Å²) in [7, 11) is 0. The number of aliphatic carboxylic acids is 1. The molecular formula is C14H27NO2. The van der Waals surface area contributed by atoms with Gasteiger partial charge in [0, 0.05) is 6.04 Å². The molecule has 1 saturated carbocycles. The molecule has 0 amide bonds. The van der Waals surface area contributed by atoms with Gasteiger partial charge in [-0.05, 0) is 58.5 Å². The highest BCUT2D eigenvalue weighted by Crippen LogP contribution is 2.29. The number of carboxylic acid groups (broad SMARTS) is 1. The molecule has 0 aromatic rings. The second-order valence-corrected chi connectivity index (χ2v) is 6.39. The van der Waals surface area contributed by atoms with Gasteiger partial charge in [-0.1, -0.05) is 13.8 Å². The van der Waals surface area contributed by atoms with E-state index in [1.807, 2.05) is 13.8 Å². The van der Waals surface area contributed by atoms with Crippen LogP contribution in [0.25, 0.3) is 0 Å². The fourth-order valence-electron chi connectivity index (χ4n) is 1.87. The number of nitrogens with zero attached hydrogens (tertiary/aromatic N) is 1. The van der Waals surface area contributed by atoms with Gasteiger partial charge in [-0.2, -0.15) is 0 Å². The first-order valence-corrected chi connectivity index (χ1v) is 6.80. The molecule has 0 aromatic heterocycles. The number of carbonyl (C=O) groups is 1. The van der Waals surface area contributed by atoms with Crippen molar-refractivity contribution in [2.24, 2.45) is 11.3 Å². The van der Waals surface area contributed by atoms with Gasteiger partial charge in [0.1, 0.15) is 0 Å². The van der Waals surface area contributed by atoms with Gasteiger partial charge >= 0.3 is 5.97 Å². The van der Waals surface area contributed by atoms with Crippen molar-refractivity contribution in [3.63, 3.8) is 0 Å². The van der Waals surface area contributed by atoms with Crippen molar-refractivity contribution in [3.05, 3.63) is 0 Å². The standard InChI is InChI=1S/C14H27NO2/c1-11(2)7-9-15(12-5-6-12)10-8-14(3,4)13(16)17/h11-12H,5-10H2,1-4H3,(H,16,17). The summed E-state index contributed by atoms with van der Waals surface area (Å²) in [6.45, 7) is 10.2. The molecular weight excluding hydrogens is 214 g/mol. The van der Waals surface area contributed by atoms with Gasteiger partial charge in [0.2, 0.25) is 0 Å². The van der Waals surface area contributed by atoms with Crippen LogP contribution >= 0.6 is 0 Å². The third-order valence-corrected chi connectivity index (χ3v) is 3.66. The van der Waals surface area contributed by atoms with Gasteiger partial charge in [0.25, 0.3) is 0 Å². The smallest absolute Gasteiger partial charge is 0.309 e. The molecule has 1 aliphatic carbocycles. The van der Waals surface area contributed by atoms with Crippen LogP contribution in [-0.4, -0.2) is 35.1 Å². The van der Waals surface area contributed by atoms with E-state index in [0.717, 1.165) is 31.5 Å². The minimum absolute atomic E-state index is 0.592. The Balaban J connectivity index is 2.37. The molecule has 3 nitrogen and oxygen atoms in total. The maximum absolute atomic E-state index is 11.1. The molecule has 17 heavy (non-hydrogen) atoms. The Labute approximate surface area is 105 Å². The monoisotopic (exact) mass is 241 g/mol. The fourth-order valence-corrected chi connectivity index (χ4v) is 1.87. The normalized spacial score (nSPS) is 16.8. The van der Waals surface area contributed by atoms with Crippen LogP contribution in [0.2, 0.25) is 0 Å². The molecule has 0 unspecified atom stereocenters. The third-order valence-electron chi connectivity index (χ3n) is 3.66. The summed E-state index contributed by atoms with van der Waals surface area (Å²) in [4.78, 5) is 13.6. The Hall–Kier alpha value is -0.570. The van der Waals surface area contributed by atoms with Crippen LogP contribution in [0, 0.1) is 11.3 Å². The molecule has 0 aromatic carbocycles. The van der Waals surface area contributed by atoms with Crippen LogP contribution in [0.3, 0.4) is 0 Å². The van der Waals surface area contributed by atoms with Crippen molar-refractivity contribution in [2.75, 3.05) is 13.1 Å². The Morgan fingerprint density at radius 2 is 1.94 bits per heavy atom. The summed E-state index contributed by atoms with van der Waals surface area (Å²) >= 11 is 0. The molecule has 0 radical (unpaired) electrons. The molecule has 0 spiro atoms. The molecule has 1 N–H and O–H groups in total. The summed E-state index contributed by atoms with van der Waals surface area (Å²) in [5, 5.41) is 9.11. The zero-order chi connectivity index (χ0) is 13.1. The predicted octanol–water partition coefficient (Wildman–Crippen LogP) is 3.00. The molecule has 0 bridgehead atoms. The molecule has 0 heterocycles. The van der Waals surface area contributed by atoms with Gasteiger partial charge in [0.15, 0.2) is 0 Å².